The molecule has 0 saturated heterocycles. The van der Waals surface area contributed by atoms with Crippen LogP contribution >= 0.6 is 0 Å². The summed E-state index contributed by atoms with van der Waals surface area (Å²) in [6.45, 7) is 0.893. The van der Waals surface area contributed by atoms with E-state index >= 15 is 0 Å². The van der Waals surface area contributed by atoms with E-state index in [1.165, 1.54) is 0 Å². The lowest BCUT2D eigenvalue weighted by Gasteiger charge is -2.19. The van der Waals surface area contributed by atoms with Gasteiger partial charge in [0.25, 0.3) is 0 Å². The molecule has 1 aromatic carbocycles. The minimum absolute atomic E-state index is 0.0993. The molecule has 19 heavy (non-hydrogen) atoms. The van der Waals surface area contributed by atoms with Gasteiger partial charge in [-0.25, -0.2) is 4.98 Å². The van der Waals surface area contributed by atoms with Gasteiger partial charge in [0.05, 0.1) is 0 Å². The molecule has 2 rings (SSSR count). The predicted molar refractivity (Wildman–Crippen MR) is 77.6 cm³/mol. The van der Waals surface area contributed by atoms with E-state index in [0.717, 1.165) is 30.0 Å². The number of likely N-dealkylation sites (N-methyl/N-ethyl adjacent to an activating group) is 1. The second-order valence-corrected chi connectivity index (χ2v) is 4.59. The zero-order valence-electron chi connectivity index (χ0n) is 11.3. The zero-order valence-corrected chi connectivity index (χ0v) is 11.3. The van der Waals surface area contributed by atoms with Crippen molar-refractivity contribution >= 4 is 11.5 Å². The largest absolute Gasteiger partial charge is 0.384 e. The van der Waals surface area contributed by atoms with Gasteiger partial charge in [0.15, 0.2) is 0 Å². The Morgan fingerprint density at radius 2 is 2.05 bits per heavy atom. The normalized spacial score (nSPS) is 10.4. The summed E-state index contributed by atoms with van der Waals surface area (Å²) in [5, 5.41) is 7.37. The van der Waals surface area contributed by atoms with E-state index in [4.69, 9.17) is 11.1 Å². The lowest BCUT2D eigenvalue weighted by Crippen LogP contribution is -2.21. The molecule has 0 radical (unpaired) electrons. The van der Waals surface area contributed by atoms with Gasteiger partial charge in [0.2, 0.25) is 0 Å². The second-order valence-electron chi connectivity index (χ2n) is 4.59. The summed E-state index contributed by atoms with van der Waals surface area (Å²) in [7, 11) is 4.05. The van der Waals surface area contributed by atoms with Crippen molar-refractivity contribution in [1.29, 1.82) is 5.41 Å². The van der Waals surface area contributed by atoms with Crippen LogP contribution in [0.1, 0.15) is 11.4 Å². The van der Waals surface area contributed by atoms with E-state index in [2.05, 4.69) is 9.88 Å². The third-order valence-corrected chi connectivity index (χ3v) is 3.21. The quantitative estimate of drug-likeness (QED) is 0.628. The maximum atomic E-state index is 7.37. The molecule has 1 heterocycles. The molecule has 0 aliphatic carbocycles. The number of aromatic nitrogens is 2. The molecule has 0 fully saturated rings. The first-order chi connectivity index (χ1) is 9.08. The topological polar surface area (TPSA) is 70.9 Å². The van der Waals surface area contributed by atoms with Gasteiger partial charge >= 0.3 is 0 Å². The van der Waals surface area contributed by atoms with Crippen LogP contribution in [0.15, 0.2) is 36.7 Å². The molecule has 0 atom stereocenters. The molecule has 0 unspecified atom stereocenters. The number of nitrogen functional groups attached to an aromatic ring is 1. The smallest absolute Gasteiger partial charge is 0.122 e. The highest BCUT2D eigenvalue weighted by molar-refractivity contribution is 5.95. The maximum Gasteiger partial charge on any atom is 0.122 e. The van der Waals surface area contributed by atoms with Crippen LogP contribution < -0.4 is 10.6 Å². The van der Waals surface area contributed by atoms with Crippen LogP contribution in [0.25, 0.3) is 0 Å². The highest BCUT2D eigenvalue weighted by atomic mass is 15.1. The molecule has 0 saturated carbocycles. The Hall–Kier alpha value is -2.30. The number of nitrogens with two attached hydrogens (primary N) is 1. The van der Waals surface area contributed by atoms with Gasteiger partial charge in [0, 0.05) is 50.7 Å². The zero-order chi connectivity index (χ0) is 13.8. The van der Waals surface area contributed by atoms with E-state index in [-0.39, 0.29) is 5.84 Å². The number of hydrogen-bond acceptors (Lipinski definition) is 3. The van der Waals surface area contributed by atoms with Gasteiger partial charge in [-0.3, -0.25) is 5.41 Å². The fourth-order valence-electron chi connectivity index (χ4n) is 1.93. The molecule has 5 heteroatoms. The highest BCUT2D eigenvalue weighted by Gasteiger charge is 2.04. The first-order valence-electron chi connectivity index (χ1n) is 6.19. The molecule has 1 aromatic heterocycles. The third kappa shape index (κ3) is 3.13. The van der Waals surface area contributed by atoms with Crippen molar-refractivity contribution < 1.29 is 0 Å². The number of nitrogens with zero attached hydrogens (tertiary/aromatic N) is 3. The Balaban J connectivity index is 1.98. The molecule has 100 valence electrons. The molecule has 0 aliphatic heterocycles. The van der Waals surface area contributed by atoms with Crippen LogP contribution in [-0.4, -0.2) is 29.0 Å². The Labute approximate surface area is 113 Å². The lowest BCUT2D eigenvalue weighted by molar-refractivity contribution is 0.757. The Bertz CT molecular complexity index is 555. The standard InChI is InChI=1S/C14H19N5/c1-18(9-7-13-17-8-10-19(13)2)12-5-3-11(4-6-12)14(15)16/h3-6,8,10H,7,9H2,1-2H3,(H3,15,16). The number of amidine groups is 1. The SMILES string of the molecule is CN(CCc1nccn1C)c1ccc(C(=N)N)cc1. The maximum absolute atomic E-state index is 7.37. The Kier molecular flexibility index (Phi) is 3.85. The number of anilines is 1. The molecular weight excluding hydrogens is 238 g/mol. The highest BCUT2D eigenvalue weighted by Crippen LogP contribution is 2.14. The number of benzene rings is 1. The fourth-order valence-corrected chi connectivity index (χ4v) is 1.93. The van der Waals surface area contributed by atoms with E-state index in [9.17, 15) is 0 Å². The summed E-state index contributed by atoms with van der Waals surface area (Å²) in [6, 6.07) is 7.70. The van der Waals surface area contributed by atoms with Crippen LogP contribution in [0, 0.1) is 5.41 Å². The molecule has 3 N–H and O–H groups in total. The van der Waals surface area contributed by atoms with Crippen molar-refractivity contribution in [2.75, 3.05) is 18.5 Å². The lowest BCUT2D eigenvalue weighted by atomic mass is 10.2. The summed E-state index contributed by atoms with van der Waals surface area (Å²) in [5.74, 6) is 1.18. The minimum atomic E-state index is 0.0993. The van der Waals surface area contributed by atoms with Crippen molar-refractivity contribution in [3.8, 4) is 0 Å². The Morgan fingerprint density at radius 1 is 1.37 bits per heavy atom. The van der Waals surface area contributed by atoms with Crippen LogP contribution in [0.3, 0.4) is 0 Å². The molecule has 5 nitrogen and oxygen atoms in total. The van der Waals surface area contributed by atoms with Crippen LogP contribution in [0.2, 0.25) is 0 Å². The van der Waals surface area contributed by atoms with Gasteiger partial charge < -0.3 is 15.2 Å². The second kappa shape index (κ2) is 5.56. The molecule has 0 bridgehead atoms. The van der Waals surface area contributed by atoms with Crippen molar-refractivity contribution in [3.05, 3.63) is 48.0 Å². The molecule has 0 spiro atoms. The summed E-state index contributed by atoms with van der Waals surface area (Å²) in [5.41, 5.74) is 7.30. The first kappa shape index (κ1) is 13.1. The van der Waals surface area contributed by atoms with Gasteiger partial charge in [-0.1, -0.05) is 0 Å². The van der Waals surface area contributed by atoms with E-state index in [1.807, 2.05) is 55.3 Å². The van der Waals surface area contributed by atoms with E-state index in [1.54, 1.807) is 0 Å². The van der Waals surface area contributed by atoms with Crippen molar-refractivity contribution in [3.63, 3.8) is 0 Å². The average molecular weight is 257 g/mol. The number of nitrogens with one attached hydrogen (secondary N) is 1. The van der Waals surface area contributed by atoms with Gasteiger partial charge in [-0.2, -0.15) is 0 Å². The third-order valence-electron chi connectivity index (χ3n) is 3.21. The van der Waals surface area contributed by atoms with Gasteiger partial charge in [-0.15, -0.1) is 0 Å². The van der Waals surface area contributed by atoms with Gasteiger partial charge in [-0.05, 0) is 24.3 Å². The van der Waals surface area contributed by atoms with Gasteiger partial charge in [0.1, 0.15) is 11.7 Å². The summed E-state index contributed by atoms with van der Waals surface area (Å²) >= 11 is 0. The van der Waals surface area contributed by atoms with E-state index in [0.29, 0.717) is 0 Å². The number of hydrogen-bond donors (Lipinski definition) is 2. The first-order valence-corrected chi connectivity index (χ1v) is 6.19. The van der Waals surface area contributed by atoms with E-state index < -0.39 is 0 Å². The summed E-state index contributed by atoms with van der Waals surface area (Å²) < 4.78 is 2.03. The number of aryl methyl sites for hydroxylation is 1. The average Bonchev–Trinajstić information content (AvgIpc) is 2.81. The number of rotatable bonds is 5. The molecule has 0 amide bonds. The monoisotopic (exact) mass is 257 g/mol. The molecule has 0 aliphatic rings. The van der Waals surface area contributed by atoms with Crippen LogP contribution in [-0.2, 0) is 13.5 Å². The fraction of sp³-hybridized carbons (Fsp3) is 0.286. The predicted octanol–water partition coefficient (Wildman–Crippen LogP) is 1.38. The number of imidazole rings is 1. The molecule has 2 aromatic rings. The van der Waals surface area contributed by atoms with Crippen molar-refractivity contribution in [2.24, 2.45) is 12.8 Å². The van der Waals surface area contributed by atoms with Crippen molar-refractivity contribution in [1.82, 2.24) is 9.55 Å². The van der Waals surface area contributed by atoms with Crippen molar-refractivity contribution in [2.45, 2.75) is 6.42 Å². The summed E-state index contributed by atoms with van der Waals surface area (Å²) in [4.78, 5) is 6.48. The Morgan fingerprint density at radius 3 is 2.58 bits per heavy atom. The van der Waals surface area contributed by atoms with Crippen LogP contribution in [0.4, 0.5) is 5.69 Å². The summed E-state index contributed by atoms with van der Waals surface area (Å²) in [6.07, 6.45) is 4.67. The minimum Gasteiger partial charge on any atom is -0.384 e. The molecular formula is C14H19N5. The van der Waals surface area contributed by atoms with Crippen LogP contribution in [0.5, 0.6) is 0 Å².